The van der Waals surface area contributed by atoms with Gasteiger partial charge in [-0.2, -0.15) is 0 Å². The second-order valence-electron chi connectivity index (χ2n) is 5.54. The van der Waals surface area contributed by atoms with Gasteiger partial charge in [0.05, 0.1) is 24.6 Å². The van der Waals surface area contributed by atoms with Crippen molar-refractivity contribution in [3.63, 3.8) is 0 Å². The molecule has 1 saturated heterocycles. The third kappa shape index (κ3) is 4.52. The van der Waals surface area contributed by atoms with Gasteiger partial charge in [-0.25, -0.2) is 4.39 Å². The minimum Gasteiger partial charge on any atom is -0.378 e. The number of nitrogens with zero attached hydrogens (tertiary/aromatic N) is 1. The van der Waals surface area contributed by atoms with Gasteiger partial charge in [-0.15, -0.1) is 0 Å². The van der Waals surface area contributed by atoms with Crippen LogP contribution >= 0.6 is 12.2 Å². The van der Waals surface area contributed by atoms with Gasteiger partial charge in [-0.1, -0.05) is 18.2 Å². The first-order valence-corrected chi connectivity index (χ1v) is 8.34. The van der Waals surface area contributed by atoms with E-state index in [9.17, 15) is 9.18 Å². The Hall–Kier alpha value is -2.51. The van der Waals surface area contributed by atoms with Gasteiger partial charge < -0.3 is 15.0 Å². The van der Waals surface area contributed by atoms with Crippen LogP contribution < -0.4 is 15.5 Å². The summed E-state index contributed by atoms with van der Waals surface area (Å²) in [6, 6.07) is 13.2. The Morgan fingerprint density at radius 1 is 1.12 bits per heavy atom. The van der Waals surface area contributed by atoms with E-state index in [-0.39, 0.29) is 10.7 Å². The zero-order valence-electron chi connectivity index (χ0n) is 13.5. The monoisotopic (exact) mass is 359 g/mol. The van der Waals surface area contributed by atoms with Crippen LogP contribution in [0.2, 0.25) is 0 Å². The number of hydrogen-bond donors (Lipinski definition) is 2. The van der Waals surface area contributed by atoms with Gasteiger partial charge in [0, 0.05) is 18.7 Å². The highest BCUT2D eigenvalue weighted by molar-refractivity contribution is 7.80. The van der Waals surface area contributed by atoms with E-state index in [0.717, 1.165) is 24.5 Å². The molecule has 5 nitrogen and oxygen atoms in total. The van der Waals surface area contributed by atoms with Crippen LogP contribution in [0.5, 0.6) is 0 Å². The number of halogens is 1. The summed E-state index contributed by atoms with van der Waals surface area (Å²) in [4.78, 5) is 14.3. The van der Waals surface area contributed by atoms with Crippen LogP contribution in [0.15, 0.2) is 48.5 Å². The van der Waals surface area contributed by atoms with E-state index in [1.54, 1.807) is 0 Å². The van der Waals surface area contributed by atoms with Crippen LogP contribution in [0.4, 0.5) is 15.8 Å². The Morgan fingerprint density at radius 3 is 2.64 bits per heavy atom. The molecule has 0 saturated carbocycles. The maximum Gasteiger partial charge on any atom is 0.257 e. The summed E-state index contributed by atoms with van der Waals surface area (Å²) < 4.78 is 18.6. The van der Waals surface area contributed by atoms with Gasteiger partial charge in [-0.05, 0) is 42.5 Å². The quantitative estimate of drug-likeness (QED) is 0.826. The number of thiocarbonyl (C=S) groups is 1. The molecule has 1 fully saturated rings. The molecule has 2 aromatic rings. The van der Waals surface area contributed by atoms with Crippen molar-refractivity contribution in [3.8, 4) is 0 Å². The van der Waals surface area contributed by atoms with E-state index in [1.807, 2.05) is 24.3 Å². The Morgan fingerprint density at radius 2 is 1.88 bits per heavy atom. The predicted octanol–water partition coefficient (Wildman–Crippen LogP) is 2.79. The molecule has 0 spiro atoms. The van der Waals surface area contributed by atoms with E-state index in [2.05, 4.69) is 15.5 Å². The zero-order valence-corrected chi connectivity index (χ0v) is 14.3. The molecule has 0 bridgehead atoms. The number of para-hydroxylation sites is 2. The minimum absolute atomic E-state index is 0.162. The summed E-state index contributed by atoms with van der Waals surface area (Å²) in [6.07, 6.45) is 0. The summed E-state index contributed by atoms with van der Waals surface area (Å²) in [5, 5.41) is 5.78. The molecule has 1 aliphatic heterocycles. The second-order valence-corrected chi connectivity index (χ2v) is 5.94. The lowest BCUT2D eigenvalue weighted by molar-refractivity contribution is 0.0977. The maximum atomic E-state index is 13.2. The fourth-order valence-corrected chi connectivity index (χ4v) is 2.82. The number of anilines is 2. The van der Waals surface area contributed by atoms with Crippen molar-refractivity contribution in [2.24, 2.45) is 0 Å². The third-order valence-electron chi connectivity index (χ3n) is 3.82. The lowest BCUT2D eigenvalue weighted by Gasteiger charge is -2.30. The molecule has 2 N–H and O–H groups in total. The lowest BCUT2D eigenvalue weighted by Crippen LogP contribution is -2.38. The number of hydrogen-bond acceptors (Lipinski definition) is 4. The Balaban J connectivity index is 1.68. The van der Waals surface area contributed by atoms with Crippen molar-refractivity contribution in [2.45, 2.75) is 0 Å². The predicted molar refractivity (Wildman–Crippen MR) is 99.6 cm³/mol. The van der Waals surface area contributed by atoms with Gasteiger partial charge in [0.15, 0.2) is 5.11 Å². The summed E-state index contributed by atoms with van der Waals surface area (Å²) in [5.74, 6) is -0.926. The first-order chi connectivity index (χ1) is 12.1. The van der Waals surface area contributed by atoms with Gasteiger partial charge in [0.1, 0.15) is 5.82 Å². The molecular weight excluding hydrogens is 341 g/mol. The van der Waals surface area contributed by atoms with Crippen LogP contribution in [-0.2, 0) is 4.74 Å². The smallest absolute Gasteiger partial charge is 0.257 e. The molecule has 2 aromatic carbocycles. The topological polar surface area (TPSA) is 53.6 Å². The van der Waals surface area contributed by atoms with Gasteiger partial charge >= 0.3 is 0 Å². The SMILES string of the molecule is O=C(NC(=S)Nc1ccccc1N1CCOCC1)c1cccc(F)c1. The fourth-order valence-electron chi connectivity index (χ4n) is 2.62. The standard InChI is InChI=1S/C18H18FN3O2S/c19-14-5-3-4-13(12-14)17(23)21-18(25)20-15-6-1-2-7-16(15)22-8-10-24-11-9-22/h1-7,12H,8-11H2,(H2,20,21,23,25). The summed E-state index contributed by atoms with van der Waals surface area (Å²) in [5.41, 5.74) is 2.01. The molecule has 0 atom stereocenters. The number of morpholine rings is 1. The highest BCUT2D eigenvalue weighted by Crippen LogP contribution is 2.26. The molecule has 1 heterocycles. The van der Waals surface area contributed by atoms with Crippen LogP contribution in [0, 0.1) is 5.82 Å². The summed E-state index contributed by atoms with van der Waals surface area (Å²) in [6.45, 7) is 2.94. The Bertz CT molecular complexity index is 778. The molecule has 0 aromatic heterocycles. The van der Waals surface area contributed by atoms with Crippen molar-refractivity contribution in [3.05, 3.63) is 59.9 Å². The maximum absolute atomic E-state index is 13.2. The fraction of sp³-hybridized carbons (Fsp3) is 0.222. The number of amides is 1. The number of ether oxygens (including phenoxy) is 1. The van der Waals surface area contributed by atoms with E-state index in [1.165, 1.54) is 24.3 Å². The van der Waals surface area contributed by atoms with Crippen molar-refractivity contribution < 1.29 is 13.9 Å². The van der Waals surface area contributed by atoms with E-state index in [0.29, 0.717) is 13.2 Å². The first kappa shape index (κ1) is 17.3. The van der Waals surface area contributed by atoms with E-state index >= 15 is 0 Å². The average molecular weight is 359 g/mol. The minimum atomic E-state index is -0.468. The number of nitrogens with one attached hydrogen (secondary N) is 2. The third-order valence-corrected chi connectivity index (χ3v) is 4.02. The lowest BCUT2D eigenvalue weighted by atomic mass is 10.2. The van der Waals surface area contributed by atoms with Gasteiger partial charge in [0.25, 0.3) is 5.91 Å². The molecular formula is C18H18FN3O2S. The Labute approximate surface area is 150 Å². The van der Waals surface area contributed by atoms with E-state index < -0.39 is 11.7 Å². The van der Waals surface area contributed by atoms with Crippen LogP contribution in [0.25, 0.3) is 0 Å². The highest BCUT2D eigenvalue weighted by atomic mass is 32.1. The number of carbonyl (C=O) groups excluding carboxylic acids is 1. The molecule has 1 aliphatic rings. The average Bonchev–Trinajstić information content (AvgIpc) is 2.63. The van der Waals surface area contributed by atoms with Crippen LogP contribution in [-0.4, -0.2) is 37.3 Å². The summed E-state index contributed by atoms with van der Waals surface area (Å²) >= 11 is 5.23. The molecule has 1 amide bonds. The van der Waals surface area contributed by atoms with E-state index in [4.69, 9.17) is 17.0 Å². The summed E-state index contributed by atoms with van der Waals surface area (Å²) in [7, 11) is 0. The molecule has 25 heavy (non-hydrogen) atoms. The van der Waals surface area contributed by atoms with Crippen LogP contribution in [0.3, 0.4) is 0 Å². The first-order valence-electron chi connectivity index (χ1n) is 7.93. The molecule has 0 radical (unpaired) electrons. The molecule has 0 aliphatic carbocycles. The van der Waals surface area contributed by atoms with Gasteiger partial charge in [-0.3, -0.25) is 10.1 Å². The van der Waals surface area contributed by atoms with Crippen molar-refractivity contribution >= 4 is 34.6 Å². The normalized spacial score (nSPS) is 14.0. The molecule has 3 rings (SSSR count). The zero-order chi connectivity index (χ0) is 17.6. The highest BCUT2D eigenvalue weighted by Gasteiger charge is 2.16. The molecule has 130 valence electrons. The number of rotatable bonds is 3. The Kier molecular flexibility index (Phi) is 5.57. The second kappa shape index (κ2) is 8.04. The van der Waals surface area contributed by atoms with Gasteiger partial charge in [0.2, 0.25) is 0 Å². The van der Waals surface area contributed by atoms with Crippen LogP contribution in [0.1, 0.15) is 10.4 Å². The number of carbonyl (C=O) groups is 1. The molecule has 0 unspecified atom stereocenters. The molecule has 7 heteroatoms. The largest absolute Gasteiger partial charge is 0.378 e. The van der Waals surface area contributed by atoms with Crippen molar-refractivity contribution in [1.29, 1.82) is 0 Å². The number of benzene rings is 2. The van der Waals surface area contributed by atoms with Crippen molar-refractivity contribution in [2.75, 3.05) is 36.5 Å². The van der Waals surface area contributed by atoms with Crippen molar-refractivity contribution in [1.82, 2.24) is 5.32 Å².